The van der Waals surface area contributed by atoms with E-state index in [1.54, 1.807) is 6.92 Å². The van der Waals surface area contributed by atoms with E-state index >= 15 is 0 Å². The summed E-state index contributed by atoms with van der Waals surface area (Å²) in [5.41, 5.74) is 0.487. The molecule has 1 atom stereocenters. The van der Waals surface area contributed by atoms with Crippen LogP contribution in [0.1, 0.15) is 20.3 Å². The molecule has 5 nitrogen and oxygen atoms in total. The van der Waals surface area contributed by atoms with Crippen molar-refractivity contribution in [2.75, 3.05) is 33.2 Å². The Morgan fingerprint density at radius 3 is 2.35 bits per heavy atom. The van der Waals surface area contributed by atoms with Crippen LogP contribution < -0.4 is 5.32 Å². The quantitative estimate of drug-likeness (QED) is 0.485. The number of hydrogen-bond donors (Lipinski definition) is 2. The minimum Gasteiger partial charge on any atom is -0.481 e. The molecule has 2 N–H and O–H groups in total. The number of nitrogens with zero attached hydrogens (tertiary/aromatic N) is 1. The highest BCUT2D eigenvalue weighted by atomic mass is 16.4. The van der Waals surface area contributed by atoms with Crippen LogP contribution in [0.3, 0.4) is 0 Å². The van der Waals surface area contributed by atoms with E-state index in [-0.39, 0.29) is 12.3 Å². The monoisotopic (exact) mass is 243 g/mol. The van der Waals surface area contributed by atoms with Crippen molar-refractivity contribution in [2.24, 2.45) is 0 Å². The lowest BCUT2D eigenvalue weighted by Crippen LogP contribution is -2.49. The molecule has 0 aliphatic heterocycles. The van der Waals surface area contributed by atoms with Gasteiger partial charge in [0, 0.05) is 5.57 Å². The zero-order valence-electron chi connectivity index (χ0n) is 11.0. The molecule has 0 bridgehead atoms. The van der Waals surface area contributed by atoms with E-state index in [1.165, 1.54) is 0 Å². The van der Waals surface area contributed by atoms with E-state index in [1.807, 2.05) is 14.0 Å². The molecule has 0 heterocycles. The Kier molecular flexibility index (Phi) is 6.50. The number of carbonyl (C=O) groups is 2. The molecular weight excluding hydrogens is 220 g/mol. The molecule has 0 saturated carbocycles. The molecule has 0 radical (unpaired) electrons. The first-order valence-corrected chi connectivity index (χ1v) is 5.80. The summed E-state index contributed by atoms with van der Waals surface area (Å²) in [6.07, 6.45) is 0.152. The molecule has 0 saturated heterocycles. The number of carboxylic acid groups (broad SMARTS) is 1. The van der Waals surface area contributed by atoms with E-state index < -0.39 is 5.97 Å². The molecule has 17 heavy (non-hydrogen) atoms. The van der Waals surface area contributed by atoms with Crippen molar-refractivity contribution >= 4 is 11.9 Å². The van der Waals surface area contributed by atoms with Gasteiger partial charge in [0.25, 0.3) is 0 Å². The van der Waals surface area contributed by atoms with Gasteiger partial charge in [-0.15, -0.1) is 0 Å². The van der Waals surface area contributed by atoms with Gasteiger partial charge in [-0.1, -0.05) is 6.58 Å². The minimum atomic E-state index is -0.784. The summed E-state index contributed by atoms with van der Waals surface area (Å²) in [6.45, 7) is 9.92. The van der Waals surface area contributed by atoms with Gasteiger partial charge < -0.3 is 14.9 Å². The third-order valence-corrected chi connectivity index (χ3v) is 2.95. The Balaban J connectivity index is 4.07. The fourth-order valence-electron chi connectivity index (χ4n) is 1.38. The smallest absolute Gasteiger partial charge is 0.309 e. The van der Waals surface area contributed by atoms with Gasteiger partial charge in [0.1, 0.15) is 0 Å². The molecule has 0 spiro atoms. The molecule has 0 aromatic carbocycles. The number of likely N-dealkylation sites (N-methyl/N-ethyl adjacent to an activating group) is 1. The fourth-order valence-corrected chi connectivity index (χ4v) is 1.38. The highest BCUT2D eigenvalue weighted by Crippen LogP contribution is 2.03. The number of quaternary nitrogens is 1. The van der Waals surface area contributed by atoms with Gasteiger partial charge in [-0.25, -0.2) is 0 Å². The number of carbonyl (C=O) groups excluding carboxylic acids is 1. The van der Waals surface area contributed by atoms with Crippen molar-refractivity contribution < 1.29 is 19.2 Å². The molecule has 0 aliphatic carbocycles. The summed E-state index contributed by atoms with van der Waals surface area (Å²) in [7, 11) is 2.00. The summed E-state index contributed by atoms with van der Waals surface area (Å²) in [5.74, 6) is -0.931. The first-order valence-electron chi connectivity index (χ1n) is 5.80. The van der Waals surface area contributed by atoms with Gasteiger partial charge >= 0.3 is 5.97 Å². The molecule has 5 heteroatoms. The van der Waals surface area contributed by atoms with Gasteiger partial charge in [-0.2, -0.15) is 0 Å². The van der Waals surface area contributed by atoms with E-state index in [0.29, 0.717) is 23.1 Å². The predicted molar refractivity (Wildman–Crippen MR) is 66.5 cm³/mol. The SMILES string of the molecule is C=C(C)C(=O)NCC[N+](C)(CC)CCC(=O)O. The van der Waals surface area contributed by atoms with Crippen molar-refractivity contribution in [1.82, 2.24) is 5.32 Å². The van der Waals surface area contributed by atoms with Crippen molar-refractivity contribution in [3.63, 3.8) is 0 Å². The van der Waals surface area contributed by atoms with Crippen molar-refractivity contribution in [2.45, 2.75) is 20.3 Å². The second-order valence-electron chi connectivity index (χ2n) is 4.56. The summed E-state index contributed by atoms with van der Waals surface area (Å²) >= 11 is 0. The first kappa shape index (κ1) is 15.6. The third-order valence-electron chi connectivity index (χ3n) is 2.95. The molecule has 0 fully saturated rings. The number of rotatable bonds is 8. The van der Waals surface area contributed by atoms with Gasteiger partial charge in [0.05, 0.1) is 39.6 Å². The lowest BCUT2D eigenvalue weighted by molar-refractivity contribution is -0.906. The normalized spacial score (nSPS) is 13.8. The second kappa shape index (κ2) is 7.06. The molecule has 0 rings (SSSR count). The fraction of sp³-hybridized carbons (Fsp3) is 0.667. The zero-order chi connectivity index (χ0) is 13.5. The van der Waals surface area contributed by atoms with Crippen LogP contribution in [0.15, 0.2) is 12.2 Å². The molecule has 0 aromatic heterocycles. The minimum absolute atomic E-state index is 0.147. The van der Waals surface area contributed by atoms with Crippen LogP contribution in [0.4, 0.5) is 0 Å². The standard InChI is InChI=1S/C12H22N2O3/c1-5-14(4,8-6-11(15)16)9-7-13-12(17)10(2)3/h2,5-9H2,1,3-4H3,(H-,13,15,16,17)/p+1. The molecule has 0 aromatic rings. The maximum absolute atomic E-state index is 11.3. The predicted octanol–water partition coefficient (Wildman–Crippen LogP) is 0.620. The average Bonchev–Trinajstić information content (AvgIpc) is 2.26. The number of nitrogens with one attached hydrogen (secondary N) is 1. The van der Waals surface area contributed by atoms with Crippen LogP contribution in [0.25, 0.3) is 0 Å². The highest BCUT2D eigenvalue weighted by molar-refractivity contribution is 5.92. The van der Waals surface area contributed by atoms with E-state index in [0.717, 1.165) is 13.1 Å². The van der Waals surface area contributed by atoms with E-state index in [9.17, 15) is 9.59 Å². The number of aliphatic carboxylic acids is 1. The number of carboxylic acids is 1. The third kappa shape index (κ3) is 6.73. The highest BCUT2D eigenvalue weighted by Gasteiger charge is 2.20. The Morgan fingerprint density at radius 2 is 1.94 bits per heavy atom. The van der Waals surface area contributed by atoms with Crippen LogP contribution in [0, 0.1) is 0 Å². The number of amides is 1. The maximum Gasteiger partial charge on any atom is 0.309 e. The zero-order valence-corrected chi connectivity index (χ0v) is 11.0. The Labute approximate surface area is 103 Å². The van der Waals surface area contributed by atoms with E-state index in [2.05, 4.69) is 11.9 Å². The second-order valence-corrected chi connectivity index (χ2v) is 4.56. The van der Waals surface area contributed by atoms with Gasteiger partial charge in [-0.05, 0) is 13.8 Å². The topological polar surface area (TPSA) is 66.4 Å². The molecule has 0 aliphatic rings. The Morgan fingerprint density at radius 1 is 1.35 bits per heavy atom. The van der Waals surface area contributed by atoms with Gasteiger partial charge in [0.2, 0.25) is 5.91 Å². The van der Waals surface area contributed by atoms with Gasteiger partial charge in [-0.3, -0.25) is 9.59 Å². The Bertz CT molecular complexity index is 302. The van der Waals surface area contributed by atoms with E-state index in [4.69, 9.17) is 5.11 Å². The lowest BCUT2D eigenvalue weighted by Gasteiger charge is -2.33. The summed E-state index contributed by atoms with van der Waals surface area (Å²) in [6, 6.07) is 0. The molecular formula is C12H23N2O3+. The molecule has 1 unspecified atom stereocenters. The Hall–Kier alpha value is -1.36. The van der Waals surface area contributed by atoms with Crippen molar-refractivity contribution in [1.29, 1.82) is 0 Å². The molecule has 1 amide bonds. The van der Waals surface area contributed by atoms with Crippen LogP contribution in [0.5, 0.6) is 0 Å². The molecule has 98 valence electrons. The van der Waals surface area contributed by atoms with Crippen LogP contribution >= 0.6 is 0 Å². The summed E-state index contributed by atoms with van der Waals surface area (Å²) in [4.78, 5) is 21.8. The average molecular weight is 243 g/mol. The van der Waals surface area contributed by atoms with Crippen molar-refractivity contribution in [3.05, 3.63) is 12.2 Å². The number of hydrogen-bond acceptors (Lipinski definition) is 2. The summed E-state index contributed by atoms with van der Waals surface area (Å²) in [5, 5.41) is 11.4. The van der Waals surface area contributed by atoms with Crippen LogP contribution in [0.2, 0.25) is 0 Å². The summed E-state index contributed by atoms with van der Waals surface area (Å²) < 4.78 is 0.642. The first-order chi connectivity index (χ1) is 7.80. The lowest BCUT2D eigenvalue weighted by atomic mass is 10.3. The maximum atomic E-state index is 11.3. The van der Waals surface area contributed by atoms with Crippen molar-refractivity contribution in [3.8, 4) is 0 Å². The largest absolute Gasteiger partial charge is 0.481 e. The van der Waals surface area contributed by atoms with Crippen LogP contribution in [-0.2, 0) is 9.59 Å². The van der Waals surface area contributed by atoms with Gasteiger partial charge in [0.15, 0.2) is 0 Å². The van der Waals surface area contributed by atoms with Crippen LogP contribution in [-0.4, -0.2) is 54.7 Å².